The molecule has 0 saturated heterocycles. The molecular formula is C8H11N3O3S. The lowest BCUT2D eigenvalue weighted by atomic mass is 10.0. The molecule has 0 radical (unpaired) electrons. The Hall–Kier alpha value is -1.50. The molecule has 15 heavy (non-hydrogen) atoms. The number of carbonyl (C=O) groups excluding carboxylic acids is 1. The first-order chi connectivity index (χ1) is 6.87. The highest BCUT2D eigenvalue weighted by molar-refractivity contribution is 6.99. The van der Waals surface area contributed by atoms with E-state index < -0.39 is 17.4 Å². The summed E-state index contributed by atoms with van der Waals surface area (Å²) in [7, 11) is 1.43. The number of carboxylic acids is 1. The zero-order valence-electron chi connectivity index (χ0n) is 8.59. The molecule has 0 bridgehead atoms. The molecular weight excluding hydrogens is 218 g/mol. The average Bonchev–Trinajstić information content (AvgIpc) is 2.67. The first kappa shape index (κ1) is 11.6. The molecule has 0 saturated carbocycles. The highest BCUT2D eigenvalue weighted by Gasteiger charge is 2.36. The fraction of sp³-hybridized carbons (Fsp3) is 0.500. The number of aliphatic carboxylic acids is 1. The summed E-state index contributed by atoms with van der Waals surface area (Å²) < 4.78 is 7.44. The standard InChI is InChI=1S/C8H11N3O3S/c1-8(2,7(13)14)11(3)6(12)5-4-9-15-10-5/h4H,1-3H3,(H,13,14). The van der Waals surface area contributed by atoms with Gasteiger partial charge in [0.2, 0.25) is 0 Å². The molecule has 0 aromatic carbocycles. The Bertz CT molecular complexity index is 374. The minimum Gasteiger partial charge on any atom is -0.480 e. The molecule has 1 rings (SSSR count). The lowest BCUT2D eigenvalue weighted by Gasteiger charge is -2.30. The molecule has 7 heteroatoms. The number of nitrogens with zero attached hydrogens (tertiary/aromatic N) is 3. The second kappa shape index (κ2) is 3.93. The zero-order valence-corrected chi connectivity index (χ0v) is 9.41. The second-order valence-electron chi connectivity index (χ2n) is 3.52. The van der Waals surface area contributed by atoms with Gasteiger partial charge in [0.25, 0.3) is 5.91 Å². The summed E-state index contributed by atoms with van der Waals surface area (Å²) in [4.78, 5) is 23.8. The summed E-state index contributed by atoms with van der Waals surface area (Å²) in [5.41, 5.74) is -1.10. The van der Waals surface area contributed by atoms with E-state index in [1.54, 1.807) is 0 Å². The van der Waals surface area contributed by atoms with Crippen LogP contribution in [-0.4, -0.2) is 43.2 Å². The number of amides is 1. The van der Waals surface area contributed by atoms with Crippen molar-refractivity contribution in [2.45, 2.75) is 19.4 Å². The first-order valence-electron chi connectivity index (χ1n) is 4.16. The van der Waals surface area contributed by atoms with Crippen LogP contribution in [0.3, 0.4) is 0 Å². The first-order valence-corrected chi connectivity index (χ1v) is 4.89. The van der Waals surface area contributed by atoms with E-state index in [2.05, 4.69) is 8.75 Å². The summed E-state index contributed by atoms with van der Waals surface area (Å²) in [6, 6.07) is 0. The van der Waals surface area contributed by atoms with Crippen LogP contribution < -0.4 is 0 Å². The fourth-order valence-electron chi connectivity index (χ4n) is 0.828. The van der Waals surface area contributed by atoms with Gasteiger partial charge in [-0.3, -0.25) is 4.79 Å². The topological polar surface area (TPSA) is 83.4 Å². The van der Waals surface area contributed by atoms with E-state index in [4.69, 9.17) is 5.11 Å². The number of rotatable bonds is 3. The van der Waals surface area contributed by atoms with Gasteiger partial charge in [0.1, 0.15) is 5.54 Å². The normalized spacial score (nSPS) is 11.1. The van der Waals surface area contributed by atoms with Crippen LogP contribution in [0, 0.1) is 0 Å². The predicted octanol–water partition coefficient (Wildman–Crippen LogP) is 0.473. The van der Waals surface area contributed by atoms with Gasteiger partial charge in [0.15, 0.2) is 5.69 Å². The molecule has 1 amide bonds. The van der Waals surface area contributed by atoms with Crippen molar-refractivity contribution < 1.29 is 14.7 Å². The lowest BCUT2D eigenvalue weighted by molar-refractivity contribution is -0.147. The quantitative estimate of drug-likeness (QED) is 0.814. The van der Waals surface area contributed by atoms with E-state index in [9.17, 15) is 9.59 Å². The van der Waals surface area contributed by atoms with Gasteiger partial charge in [0, 0.05) is 7.05 Å². The van der Waals surface area contributed by atoms with Gasteiger partial charge < -0.3 is 10.0 Å². The van der Waals surface area contributed by atoms with E-state index >= 15 is 0 Å². The number of carboxylic acid groups (broad SMARTS) is 1. The SMILES string of the molecule is CN(C(=O)c1cnsn1)C(C)(C)C(=O)O. The second-order valence-corrected chi connectivity index (χ2v) is 4.08. The third-order valence-electron chi connectivity index (χ3n) is 2.25. The maximum atomic E-state index is 11.7. The van der Waals surface area contributed by atoms with Gasteiger partial charge in [-0.05, 0) is 13.8 Å². The number of hydrogen-bond donors (Lipinski definition) is 1. The minimum atomic E-state index is -1.26. The van der Waals surface area contributed by atoms with Crippen molar-refractivity contribution in [3.05, 3.63) is 11.9 Å². The van der Waals surface area contributed by atoms with E-state index in [0.29, 0.717) is 0 Å². The summed E-state index contributed by atoms with van der Waals surface area (Å²) in [5.74, 6) is -1.52. The molecule has 0 fully saturated rings. The Morgan fingerprint density at radius 2 is 2.13 bits per heavy atom. The number of aromatic nitrogens is 2. The molecule has 6 nitrogen and oxygen atoms in total. The van der Waals surface area contributed by atoms with Crippen molar-refractivity contribution in [1.29, 1.82) is 0 Å². The van der Waals surface area contributed by atoms with Crippen LogP contribution in [0.5, 0.6) is 0 Å². The Morgan fingerprint density at radius 3 is 2.53 bits per heavy atom. The highest BCUT2D eigenvalue weighted by Crippen LogP contribution is 2.15. The van der Waals surface area contributed by atoms with Gasteiger partial charge >= 0.3 is 5.97 Å². The summed E-state index contributed by atoms with van der Waals surface area (Å²) in [6.07, 6.45) is 1.32. The van der Waals surface area contributed by atoms with Crippen molar-refractivity contribution in [3.63, 3.8) is 0 Å². The molecule has 0 aliphatic rings. The molecule has 0 unspecified atom stereocenters. The van der Waals surface area contributed by atoms with Crippen LogP contribution in [0.25, 0.3) is 0 Å². The Kier molecular flexibility index (Phi) is 3.04. The molecule has 1 aromatic heterocycles. The third kappa shape index (κ3) is 2.12. The predicted molar refractivity (Wildman–Crippen MR) is 53.7 cm³/mol. The molecule has 0 aliphatic heterocycles. The molecule has 1 heterocycles. The van der Waals surface area contributed by atoms with Crippen LogP contribution in [0.1, 0.15) is 24.3 Å². The Morgan fingerprint density at radius 1 is 1.53 bits per heavy atom. The largest absolute Gasteiger partial charge is 0.480 e. The van der Waals surface area contributed by atoms with E-state index in [-0.39, 0.29) is 5.69 Å². The van der Waals surface area contributed by atoms with E-state index in [1.165, 1.54) is 27.1 Å². The van der Waals surface area contributed by atoms with Crippen molar-refractivity contribution in [3.8, 4) is 0 Å². The van der Waals surface area contributed by atoms with Crippen molar-refractivity contribution in [2.75, 3.05) is 7.05 Å². The molecule has 0 spiro atoms. The molecule has 82 valence electrons. The number of hydrogen-bond acceptors (Lipinski definition) is 5. The van der Waals surface area contributed by atoms with Gasteiger partial charge in [-0.25, -0.2) is 4.79 Å². The monoisotopic (exact) mass is 229 g/mol. The van der Waals surface area contributed by atoms with Crippen molar-refractivity contribution >= 4 is 23.6 Å². The lowest BCUT2D eigenvalue weighted by Crippen LogP contribution is -2.50. The van der Waals surface area contributed by atoms with Crippen molar-refractivity contribution in [1.82, 2.24) is 13.6 Å². The third-order valence-corrected chi connectivity index (χ3v) is 2.72. The van der Waals surface area contributed by atoms with Crippen LogP contribution >= 0.6 is 11.7 Å². The maximum absolute atomic E-state index is 11.7. The van der Waals surface area contributed by atoms with E-state index in [0.717, 1.165) is 16.6 Å². The van der Waals surface area contributed by atoms with Gasteiger partial charge in [-0.15, -0.1) is 0 Å². The van der Waals surface area contributed by atoms with Gasteiger partial charge in [-0.1, -0.05) is 0 Å². The summed E-state index contributed by atoms with van der Waals surface area (Å²) >= 11 is 0.909. The van der Waals surface area contributed by atoms with Crippen LogP contribution in [0.2, 0.25) is 0 Å². The minimum absolute atomic E-state index is 0.164. The number of carbonyl (C=O) groups is 2. The van der Waals surface area contributed by atoms with Crippen LogP contribution in [0.4, 0.5) is 0 Å². The Labute approximate surface area is 90.9 Å². The van der Waals surface area contributed by atoms with Crippen LogP contribution in [0.15, 0.2) is 6.20 Å². The van der Waals surface area contributed by atoms with Crippen molar-refractivity contribution in [2.24, 2.45) is 0 Å². The van der Waals surface area contributed by atoms with Gasteiger partial charge in [0.05, 0.1) is 17.9 Å². The molecule has 1 N–H and O–H groups in total. The fourth-order valence-corrected chi connectivity index (χ4v) is 1.24. The smallest absolute Gasteiger partial charge is 0.329 e. The molecule has 1 aromatic rings. The molecule has 0 aliphatic carbocycles. The van der Waals surface area contributed by atoms with Gasteiger partial charge in [-0.2, -0.15) is 8.75 Å². The highest BCUT2D eigenvalue weighted by atomic mass is 32.1. The van der Waals surface area contributed by atoms with Crippen LogP contribution in [-0.2, 0) is 4.79 Å². The Balaban J connectivity index is 2.91. The maximum Gasteiger partial charge on any atom is 0.329 e. The molecule has 0 atom stereocenters. The average molecular weight is 229 g/mol. The summed E-state index contributed by atoms with van der Waals surface area (Å²) in [5, 5.41) is 8.93. The number of likely N-dealkylation sites (N-methyl/N-ethyl adjacent to an activating group) is 1. The zero-order chi connectivity index (χ0) is 11.6. The van der Waals surface area contributed by atoms with E-state index in [1.807, 2.05) is 0 Å². The summed E-state index contributed by atoms with van der Waals surface area (Å²) in [6.45, 7) is 2.90.